The molecular weight excluding hydrogens is 262 g/mol. The van der Waals surface area contributed by atoms with E-state index in [4.69, 9.17) is 9.84 Å². The van der Waals surface area contributed by atoms with Crippen molar-refractivity contribution < 1.29 is 4.74 Å². The fourth-order valence-corrected chi connectivity index (χ4v) is 3.88. The van der Waals surface area contributed by atoms with Crippen molar-refractivity contribution in [2.24, 2.45) is 0 Å². The molecule has 0 saturated carbocycles. The van der Waals surface area contributed by atoms with Crippen LogP contribution in [-0.4, -0.2) is 39.5 Å². The van der Waals surface area contributed by atoms with Crippen LogP contribution in [0.15, 0.2) is 0 Å². The average molecular weight is 279 g/mol. The Morgan fingerprint density at radius 3 is 3.16 bits per heavy atom. The summed E-state index contributed by atoms with van der Waals surface area (Å²) in [5, 5.41) is 17.8. The van der Waals surface area contributed by atoms with Crippen LogP contribution < -0.4 is 5.32 Å². The van der Waals surface area contributed by atoms with Crippen LogP contribution in [0.4, 0.5) is 0 Å². The Kier molecular flexibility index (Phi) is 2.61. The van der Waals surface area contributed by atoms with Crippen LogP contribution in [0.3, 0.4) is 0 Å². The Labute approximate surface area is 115 Å². The first-order chi connectivity index (χ1) is 9.26. The average Bonchev–Trinajstić information content (AvgIpc) is 3.12. The lowest BCUT2D eigenvalue weighted by molar-refractivity contribution is 0.103. The van der Waals surface area contributed by atoms with Crippen molar-refractivity contribution in [1.82, 2.24) is 25.1 Å². The molecule has 0 bridgehead atoms. The van der Waals surface area contributed by atoms with Gasteiger partial charge >= 0.3 is 0 Å². The number of nitrogens with one attached hydrogen (secondary N) is 1. The van der Waals surface area contributed by atoms with Gasteiger partial charge in [-0.2, -0.15) is 9.61 Å². The molecule has 1 N–H and O–H groups in total. The lowest BCUT2D eigenvalue weighted by Crippen LogP contribution is -2.25. The number of fused-ring (bicyclic) bond motifs is 1. The second-order valence-electron chi connectivity index (χ2n) is 5.65. The number of hydrogen-bond donors (Lipinski definition) is 1. The maximum Gasteiger partial charge on any atom is 0.234 e. The highest BCUT2D eigenvalue weighted by Gasteiger charge is 2.35. The minimum atomic E-state index is 0.0689. The molecule has 2 aliphatic rings. The third-order valence-corrected chi connectivity index (χ3v) is 5.32. The second kappa shape index (κ2) is 4.22. The number of hydrogen-bond acceptors (Lipinski definition) is 6. The Morgan fingerprint density at radius 1 is 1.47 bits per heavy atom. The van der Waals surface area contributed by atoms with Gasteiger partial charge in [-0.25, -0.2) is 0 Å². The number of ether oxygens (including phenoxy) is 1. The number of aromatic nitrogens is 4. The molecule has 7 heteroatoms. The third kappa shape index (κ3) is 1.79. The van der Waals surface area contributed by atoms with Gasteiger partial charge in [0.05, 0.1) is 0 Å². The molecule has 2 aromatic heterocycles. The van der Waals surface area contributed by atoms with E-state index in [-0.39, 0.29) is 11.5 Å². The molecule has 0 radical (unpaired) electrons. The molecule has 2 atom stereocenters. The first-order valence-corrected chi connectivity index (χ1v) is 7.63. The molecule has 2 saturated heterocycles. The van der Waals surface area contributed by atoms with Gasteiger partial charge in [0.2, 0.25) is 4.96 Å². The molecule has 19 heavy (non-hydrogen) atoms. The summed E-state index contributed by atoms with van der Waals surface area (Å²) in [6.45, 7) is 5.14. The zero-order chi connectivity index (χ0) is 12.9. The maximum absolute atomic E-state index is 5.69. The van der Waals surface area contributed by atoms with Crippen LogP contribution in [0.5, 0.6) is 0 Å². The molecule has 0 spiro atoms. The van der Waals surface area contributed by atoms with Crippen molar-refractivity contribution >= 4 is 16.3 Å². The van der Waals surface area contributed by atoms with Crippen molar-refractivity contribution in [3.05, 3.63) is 10.8 Å². The molecule has 2 aliphatic heterocycles. The predicted molar refractivity (Wildman–Crippen MR) is 71.4 cm³/mol. The SMILES string of the molecule is CC1(c2nn3c(C4CCCO4)nnc3s2)CCNC1. The molecule has 4 heterocycles. The lowest BCUT2D eigenvalue weighted by Gasteiger charge is -2.18. The zero-order valence-corrected chi connectivity index (χ0v) is 11.7. The van der Waals surface area contributed by atoms with Crippen LogP contribution in [0.1, 0.15) is 43.1 Å². The van der Waals surface area contributed by atoms with Gasteiger partial charge in [-0.05, 0) is 25.8 Å². The van der Waals surface area contributed by atoms with Gasteiger partial charge in [0, 0.05) is 18.6 Å². The largest absolute Gasteiger partial charge is 0.370 e. The molecule has 102 valence electrons. The first kappa shape index (κ1) is 11.7. The van der Waals surface area contributed by atoms with Crippen LogP contribution >= 0.6 is 11.3 Å². The van der Waals surface area contributed by atoms with E-state index in [1.807, 2.05) is 4.52 Å². The van der Waals surface area contributed by atoms with Gasteiger partial charge in [0.25, 0.3) is 0 Å². The smallest absolute Gasteiger partial charge is 0.234 e. The highest BCUT2D eigenvalue weighted by molar-refractivity contribution is 7.16. The van der Waals surface area contributed by atoms with Crippen molar-refractivity contribution in [2.45, 2.75) is 37.7 Å². The van der Waals surface area contributed by atoms with E-state index in [2.05, 4.69) is 22.4 Å². The summed E-state index contributed by atoms with van der Waals surface area (Å²) in [5.41, 5.74) is 0.138. The summed E-state index contributed by atoms with van der Waals surface area (Å²) >= 11 is 1.66. The molecule has 0 amide bonds. The van der Waals surface area contributed by atoms with Crippen LogP contribution in [0.25, 0.3) is 4.96 Å². The van der Waals surface area contributed by atoms with E-state index in [1.54, 1.807) is 11.3 Å². The summed E-state index contributed by atoms with van der Waals surface area (Å²) in [6.07, 6.45) is 3.32. The molecule has 2 unspecified atom stereocenters. The molecule has 0 aromatic carbocycles. The van der Waals surface area contributed by atoms with Crippen LogP contribution in [-0.2, 0) is 10.2 Å². The van der Waals surface area contributed by atoms with Gasteiger partial charge in [-0.3, -0.25) is 0 Å². The normalized spacial score (nSPS) is 31.5. The third-order valence-electron chi connectivity index (χ3n) is 4.12. The standard InChI is InChI=1S/C12H17N5OS/c1-12(4-5-13-7-12)10-16-17-9(8-3-2-6-18-8)14-15-11(17)19-10/h8,13H,2-7H2,1H3. The van der Waals surface area contributed by atoms with E-state index < -0.39 is 0 Å². The van der Waals surface area contributed by atoms with Crippen molar-refractivity contribution in [1.29, 1.82) is 0 Å². The van der Waals surface area contributed by atoms with Gasteiger partial charge in [-0.15, -0.1) is 10.2 Å². The minimum absolute atomic E-state index is 0.0689. The fourth-order valence-electron chi connectivity index (χ4n) is 2.86. The van der Waals surface area contributed by atoms with E-state index in [0.717, 1.165) is 54.8 Å². The molecule has 2 fully saturated rings. The molecule has 4 rings (SSSR count). The monoisotopic (exact) mass is 279 g/mol. The van der Waals surface area contributed by atoms with Gasteiger partial charge < -0.3 is 10.1 Å². The summed E-state index contributed by atoms with van der Waals surface area (Å²) in [6, 6.07) is 0. The quantitative estimate of drug-likeness (QED) is 0.897. The summed E-state index contributed by atoms with van der Waals surface area (Å²) in [5.74, 6) is 0.865. The molecule has 2 aromatic rings. The summed E-state index contributed by atoms with van der Waals surface area (Å²) in [4.78, 5) is 0.883. The highest BCUT2D eigenvalue weighted by Crippen LogP contribution is 2.34. The van der Waals surface area contributed by atoms with Gasteiger partial charge in [-0.1, -0.05) is 18.3 Å². The highest BCUT2D eigenvalue weighted by atomic mass is 32.1. The van der Waals surface area contributed by atoms with Gasteiger partial charge in [0.15, 0.2) is 5.82 Å². The van der Waals surface area contributed by atoms with E-state index in [0.29, 0.717) is 0 Å². The fraction of sp³-hybridized carbons (Fsp3) is 0.750. The minimum Gasteiger partial charge on any atom is -0.370 e. The Balaban J connectivity index is 1.75. The van der Waals surface area contributed by atoms with Crippen molar-refractivity contribution in [2.75, 3.05) is 19.7 Å². The maximum atomic E-state index is 5.69. The predicted octanol–water partition coefficient (Wildman–Crippen LogP) is 1.29. The molecule has 0 aliphatic carbocycles. The van der Waals surface area contributed by atoms with E-state index in [9.17, 15) is 0 Å². The Morgan fingerprint density at radius 2 is 2.42 bits per heavy atom. The summed E-state index contributed by atoms with van der Waals surface area (Å²) < 4.78 is 7.58. The molecule has 6 nitrogen and oxygen atoms in total. The topological polar surface area (TPSA) is 64.3 Å². The van der Waals surface area contributed by atoms with Gasteiger partial charge in [0.1, 0.15) is 11.1 Å². The second-order valence-corrected chi connectivity index (χ2v) is 6.60. The van der Waals surface area contributed by atoms with Crippen molar-refractivity contribution in [3.8, 4) is 0 Å². The van der Waals surface area contributed by atoms with E-state index >= 15 is 0 Å². The zero-order valence-electron chi connectivity index (χ0n) is 10.9. The van der Waals surface area contributed by atoms with Crippen LogP contribution in [0, 0.1) is 0 Å². The van der Waals surface area contributed by atoms with E-state index in [1.165, 1.54) is 0 Å². The number of nitrogens with zero attached hydrogens (tertiary/aromatic N) is 4. The number of rotatable bonds is 2. The lowest BCUT2D eigenvalue weighted by atomic mass is 9.91. The van der Waals surface area contributed by atoms with Crippen molar-refractivity contribution in [3.63, 3.8) is 0 Å². The Bertz CT molecular complexity index is 594. The Hall–Kier alpha value is -1.05. The molecular formula is C12H17N5OS. The van der Waals surface area contributed by atoms with Crippen LogP contribution in [0.2, 0.25) is 0 Å². The summed E-state index contributed by atoms with van der Waals surface area (Å²) in [7, 11) is 0. The first-order valence-electron chi connectivity index (χ1n) is 6.81.